The summed E-state index contributed by atoms with van der Waals surface area (Å²) in [5, 5.41) is 0.731. The fraction of sp³-hybridized carbons (Fsp3) is 0.100. The number of esters is 1. The number of furan rings is 1. The van der Waals surface area contributed by atoms with Crippen molar-refractivity contribution in [2.45, 2.75) is 0 Å². The standard InChI is InChI=1S/C10H7O3/c1-12-10(11)8-3-2-4-9-7(8)5-6-13-9/h2-5H,1H3. The Labute approximate surface area is 74.9 Å². The van der Waals surface area contributed by atoms with E-state index < -0.39 is 0 Å². The lowest BCUT2D eigenvalue weighted by Gasteiger charge is -1.98. The maximum absolute atomic E-state index is 11.2. The first kappa shape index (κ1) is 7.86. The molecule has 1 radical (unpaired) electrons. The molecule has 0 saturated carbocycles. The summed E-state index contributed by atoms with van der Waals surface area (Å²) in [6.07, 6.45) is 2.57. The van der Waals surface area contributed by atoms with Crippen molar-refractivity contribution < 1.29 is 13.9 Å². The summed E-state index contributed by atoms with van der Waals surface area (Å²) in [5.41, 5.74) is 1.15. The molecule has 1 aromatic carbocycles. The van der Waals surface area contributed by atoms with Crippen LogP contribution in [0.1, 0.15) is 10.4 Å². The quantitative estimate of drug-likeness (QED) is 0.622. The Bertz CT molecular complexity index is 442. The summed E-state index contributed by atoms with van der Waals surface area (Å²) >= 11 is 0. The lowest BCUT2D eigenvalue weighted by molar-refractivity contribution is 0.0603. The molecule has 65 valence electrons. The molecule has 1 aromatic heterocycles. The summed E-state index contributed by atoms with van der Waals surface area (Å²) in [7, 11) is 1.35. The van der Waals surface area contributed by atoms with E-state index >= 15 is 0 Å². The third-order valence-corrected chi connectivity index (χ3v) is 1.84. The van der Waals surface area contributed by atoms with Crippen molar-refractivity contribution >= 4 is 16.9 Å². The number of ether oxygens (including phenoxy) is 1. The maximum Gasteiger partial charge on any atom is 0.338 e. The van der Waals surface area contributed by atoms with Crippen LogP contribution >= 0.6 is 0 Å². The minimum Gasteiger partial charge on any atom is -0.465 e. The second-order valence-electron chi connectivity index (χ2n) is 2.57. The number of fused-ring (bicyclic) bond motifs is 1. The topological polar surface area (TPSA) is 39.4 Å². The van der Waals surface area contributed by atoms with Gasteiger partial charge in [0, 0.05) is 5.39 Å². The summed E-state index contributed by atoms with van der Waals surface area (Å²) in [5.74, 6) is -0.361. The molecule has 1 heterocycles. The first-order chi connectivity index (χ1) is 6.33. The predicted octanol–water partition coefficient (Wildman–Crippen LogP) is 2.02. The molecular formula is C10H7O3. The Morgan fingerprint density at radius 2 is 2.38 bits per heavy atom. The minimum atomic E-state index is -0.361. The van der Waals surface area contributed by atoms with Crippen LogP contribution in [0.15, 0.2) is 28.7 Å². The van der Waals surface area contributed by atoms with E-state index in [1.54, 1.807) is 24.3 Å². The van der Waals surface area contributed by atoms with Crippen LogP contribution in [0.4, 0.5) is 0 Å². The van der Waals surface area contributed by atoms with Gasteiger partial charge in [0.05, 0.1) is 12.7 Å². The average molecular weight is 175 g/mol. The lowest BCUT2D eigenvalue weighted by atomic mass is 10.1. The number of benzene rings is 1. The van der Waals surface area contributed by atoms with Gasteiger partial charge in [0.1, 0.15) is 5.58 Å². The zero-order chi connectivity index (χ0) is 9.26. The number of carbonyl (C=O) groups excluding carboxylic acids is 1. The van der Waals surface area contributed by atoms with Crippen LogP contribution in [-0.2, 0) is 4.74 Å². The van der Waals surface area contributed by atoms with Gasteiger partial charge in [-0.3, -0.25) is 0 Å². The zero-order valence-electron chi connectivity index (χ0n) is 7.03. The molecule has 2 aromatic rings. The fourth-order valence-corrected chi connectivity index (χ4v) is 1.22. The molecule has 0 fully saturated rings. The highest BCUT2D eigenvalue weighted by Crippen LogP contribution is 2.19. The highest BCUT2D eigenvalue weighted by atomic mass is 16.5. The van der Waals surface area contributed by atoms with Crippen LogP contribution in [0, 0.1) is 6.26 Å². The predicted molar refractivity (Wildman–Crippen MR) is 46.4 cm³/mol. The van der Waals surface area contributed by atoms with Gasteiger partial charge in [-0.05, 0) is 18.2 Å². The van der Waals surface area contributed by atoms with Gasteiger partial charge in [-0.1, -0.05) is 6.07 Å². The largest absolute Gasteiger partial charge is 0.465 e. The van der Waals surface area contributed by atoms with E-state index in [2.05, 4.69) is 11.0 Å². The Balaban J connectivity index is 2.67. The second kappa shape index (κ2) is 2.94. The SMILES string of the molecule is COC(=O)c1cccc2o[c]cc12. The van der Waals surface area contributed by atoms with E-state index in [1.807, 2.05) is 0 Å². The molecule has 13 heavy (non-hydrogen) atoms. The van der Waals surface area contributed by atoms with Crippen molar-refractivity contribution in [1.29, 1.82) is 0 Å². The van der Waals surface area contributed by atoms with Crippen LogP contribution in [0.2, 0.25) is 0 Å². The molecule has 3 heteroatoms. The zero-order valence-corrected chi connectivity index (χ0v) is 7.03. The molecule has 0 aliphatic carbocycles. The molecule has 2 rings (SSSR count). The molecule has 3 nitrogen and oxygen atoms in total. The van der Waals surface area contributed by atoms with E-state index in [4.69, 9.17) is 4.42 Å². The van der Waals surface area contributed by atoms with E-state index in [0.29, 0.717) is 11.1 Å². The van der Waals surface area contributed by atoms with Crippen molar-refractivity contribution in [3.63, 3.8) is 0 Å². The van der Waals surface area contributed by atoms with Crippen molar-refractivity contribution in [1.82, 2.24) is 0 Å². The summed E-state index contributed by atoms with van der Waals surface area (Å²) < 4.78 is 9.64. The van der Waals surface area contributed by atoms with Gasteiger partial charge in [0.15, 0.2) is 6.26 Å². The molecule has 0 saturated heterocycles. The van der Waals surface area contributed by atoms with Crippen molar-refractivity contribution in [2.75, 3.05) is 7.11 Å². The fourth-order valence-electron chi connectivity index (χ4n) is 1.22. The minimum absolute atomic E-state index is 0.361. The number of methoxy groups -OCH3 is 1. The van der Waals surface area contributed by atoms with E-state index in [0.717, 1.165) is 5.39 Å². The third kappa shape index (κ3) is 1.18. The molecule has 0 atom stereocenters. The third-order valence-electron chi connectivity index (χ3n) is 1.84. The Morgan fingerprint density at radius 1 is 1.54 bits per heavy atom. The maximum atomic E-state index is 11.2. The van der Waals surface area contributed by atoms with E-state index in [9.17, 15) is 4.79 Å². The lowest BCUT2D eigenvalue weighted by Crippen LogP contribution is -2.00. The summed E-state index contributed by atoms with van der Waals surface area (Å²) in [4.78, 5) is 11.2. The molecule has 0 bridgehead atoms. The van der Waals surface area contributed by atoms with Crippen LogP contribution < -0.4 is 0 Å². The van der Waals surface area contributed by atoms with Crippen molar-refractivity contribution in [2.24, 2.45) is 0 Å². The summed E-state index contributed by atoms with van der Waals surface area (Å²) in [6, 6.07) is 6.84. The molecular weight excluding hydrogens is 168 g/mol. The molecule has 0 spiro atoms. The van der Waals surface area contributed by atoms with Gasteiger partial charge in [-0.25, -0.2) is 4.79 Å². The number of hydrogen-bond donors (Lipinski definition) is 0. The summed E-state index contributed by atoms with van der Waals surface area (Å²) in [6.45, 7) is 0. The molecule has 0 aliphatic heterocycles. The van der Waals surface area contributed by atoms with Crippen molar-refractivity contribution in [3.8, 4) is 0 Å². The second-order valence-corrected chi connectivity index (χ2v) is 2.57. The Morgan fingerprint density at radius 3 is 3.15 bits per heavy atom. The van der Waals surface area contributed by atoms with Gasteiger partial charge in [0.2, 0.25) is 0 Å². The first-order valence-corrected chi connectivity index (χ1v) is 3.80. The Kier molecular flexibility index (Phi) is 1.77. The normalized spacial score (nSPS) is 10.2. The molecule has 0 unspecified atom stereocenters. The van der Waals surface area contributed by atoms with Crippen LogP contribution in [0.25, 0.3) is 11.0 Å². The van der Waals surface area contributed by atoms with E-state index in [1.165, 1.54) is 7.11 Å². The highest BCUT2D eigenvalue weighted by molar-refractivity contribution is 6.02. The molecule has 0 N–H and O–H groups in total. The van der Waals surface area contributed by atoms with Gasteiger partial charge in [-0.15, -0.1) is 0 Å². The van der Waals surface area contributed by atoms with Crippen molar-refractivity contribution in [3.05, 3.63) is 36.1 Å². The van der Waals surface area contributed by atoms with Crippen LogP contribution in [0.5, 0.6) is 0 Å². The van der Waals surface area contributed by atoms with Crippen LogP contribution in [0.3, 0.4) is 0 Å². The van der Waals surface area contributed by atoms with Gasteiger partial charge < -0.3 is 9.15 Å². The number of rotatable bonds is 1. The van der Waals surface area contributed by atoms with Gasteiger partial charge >= 0.3 is 5.97 Å². The number of carbonyl (C=O) groups is 1. The molecule has 0 aliphatic rings. The van der Waals surface area contributed by atoms with Gasteiger partial charge in [-0.2, -0.15) is 0 Å². The highest BCUT2D eigenvalue weighted by Gasteiger charge is 2.10. The monoisotopic (exact) mass is 175 g/mol. The van der Waals surface area contributed by atoms with E-state index in [-0.39, 0.29) is 5.97 Å². The Hall–Kier alpha value is -1.77. The van der Waals surface area contributed by atoms with Crippen LogP contribution in [-0.4, -0.2) is 13.1 Å². The average Bonchev–Trinajstić information content (AvgIpc) is 2.63. The smallest absolute Gasteiger partial charge is 0.338 e. The number of hydrogen-bond acceptors (Lipinski definition) is 3. The molecule has 0 amide bonds. The van der Waals surface area contributed by atoms with Gasteiger partial charge in [0.25, 0.3) is 0 Å². The first-order valence-electron chi connectivity index (χ1n) is 3.80.